The highest BCUT2D eigenvalue weighted by molar-refractivity contribution is 5.97. The molecule has 2 rings (SSSR count). The van der Waals surface area contributed by atoms with Crippen molar-refractivity contribution in [3.05, 3.63) is 53.0 Å². The number of benzene rings is 1. The first kappa shape index (κ1) is 22.2. The van der Waals surface area contributed by atoms with E-state index in [1.54, 1.807) is 20.8 Å². The van der Waals surface area contributed by atoms with Gasteiger partial charge in [0.05, 0.1) is 0 Å². The van der Waals surface area contributed by atoms with Gasteiger partial charge in [0.1, 0.15) is 17.4 Å². The molecule has 0 saturated heterocycles. The Morgan fingerprint density at radius 1 is 1.21 bits per heavy atom. The number of pyridine rings is 1. The van der Waals surface area contributed by atoms with E-state index >= 15 is 0 Å². The van der Waals surface area contributed by atoms with Crippen LogP contribution in [-0.4, -0.2) is 22.9 Å². The standard InChI is InChI=1S/C20H22F3N3O3/c1-11(2)18(27)26-17-9-13(7-12(3)25-17)19(28)24-10-14-8-15(5-6-16(14)21)29-20(4,22)23/h5-9,11H,10H2,1-4H3,(H,24,28)(H,25,26,27). The average Bonchev–Trinajstić information content (AvgIpc) is 2.60. The van der Waals surface area contributed by atoms with Crippen LogP contribution in [0.4, 0.5) is 19.0 Å². The first-order valence-electron chi connectivity index (χ1n) is 8.87. The molecule has 2 aromatic rings. The van der Waals surface area contributed by atoms with Crippen LogP contribution >= 0.6 is 0 Å². The molecule has 0 bridgehead atoms. The third-order valence-corrected chi connectivity index (χ3v) is 3.74. The van der Waals surface area contributed by atoms with Crippen LogP contribution in [0.1, 0.15) is 42.4 Å². The van der Waals surface area contributed by atoms with Crippen molar-refractivity contribution in [2.24, 2.45) is 5.92 Å². The summed E-state index contributed by atoms with van der Waals surface area (Å²) in [5.74, 6) is -1.72. The highest BCUT2D eigenvalue weighted by atomic mass is 19.3. The zero-order valence-corrected chi connectivity index (χ0v) is 16.5. The summed E-state index contributed by atoms with van der Waals surface area (Å²) in [6.45, 7) is 5.43. The second-order valence-electron chi connectivity index (χ2n) is 6.87. The summed E-state index contributed by atoms with van der Waals surface area (Å²) >= 11 is 0. The Hall–Kier alpha value is -3.10. The van der Waals surface area contributed by atoms with Crippen molar-refractivity contribution >= 4 is 17.6 Å². The summed E-state index contributed by atoms with van der Waals surface area (Å²) in [5, 5.41) is 5.13. The number of carbonyl (C=O) groups excluding carboxylic acids is 2. The molecule has 1 aromatic carbocycles. The van der Waals surface area contributed by atoms with E-state index in [0.717, 1.165) is 18.2 Å². The highest BCUT2D eigenvalue weighted by Gasteiger charge is 2.23. The maximum Gasteiger partial charge on any atom is 0.394 e. The molecular weight excluding hydrogens is 387 g/mol. The lowest BCUT2D eigenvalue weighted by Crippen LogP contribution is -2.25. The van der Waals surface area contributed by atoms with E-state index in [1.807, 2.05) is 0 Å². The van der Waals surface area contributed by atoms with Gasteiger partial charge in [0, 0.05) is 36.2 Å². The van der Waals surface area contributed by atoms with Gasteiger partial charge < -0.3 is 15.4 Å². The molecule has 0 aliphatic carbocycles. The van der Waals surface area contributed by atoms with Gasteiger partial charge in [0.15, 0.2) is 0 Å². The number of hydrogen-bond acceptors (Lipinski definition) is 4. The molecule has 0 saturated carbocycles. The molecule has 0 unspecified atom stereocenters. The molecule has 9 heteroatoms. The topological polar surface area (TPSA) is 80.3 Å². The van der Waals surface area contributed by atoms with E-state index in [-0.39, 0.29) is 41.1 Å². The van der Waals surface area contributed by atoms with Crippen LogP contribution < -0.4 is 15.4 Å². The minimum atomic E-state index is -3.41. The van der Waals surface area contributed by atoms with E-state index in [9.17, 15) is 22.8 Å². The highest BCUT2D eigenvalue weighted by Crippen LogP contribution is 2.23. The molecule has 2 N–H and O–H groups in total. The Labute approximate surface area is 166 Å². The number of aromatic nitrogens is 1. The summed E-state index contributed by atoms with van der Waals surface area (Å²) < 4.78 is 44.3. The van der Waals surface area contributed by atoms with Crippen LogP contribution in [-0.2, 0) is 11.3 Å². The van der Waals surface area contributed by atoms with Crippen molar-refractivity contribution in [1.29, 1.82) is 0 Å². The third kappa shape index (κ3) is 6.78. The number of carbonyl (C=O) groups is 2. The first-order chi connectivity index (χ1) is 13.4. The molecule has 2 amide bonds. The lowest BCUT2D eigenvalue weighted by Gasteiger charge is -2.14. The van der Waals surface area contributed by atoms with Crippen LogP contribution in [0.2, 0.25) is 0 Å². The fourth-order valence-corrected chi connectivity index (χ4v) is 2.37. The SMILES string of the molecule is Cc1cc(C(=O)NCc2cc(OC(C)(F)F)ccc2F)cc(NC(=O)C(C)C)n1. The number of anilines is 1. The van der Waals surface area contributed by atoms with Crippen molar-refractivity contribution in [3.8, 4) is 5.75 Å². The van der Waals surface area contributed by atoms with Gasteiger partial charge in [-0.3, -0.25) is 9.59 Å². The second kappa shape index (κ2) is 8.93. The van der Waals surface area contributed by atoms with E-state index < -0.39 is 17.8 Å². The van der Waals surface area contributed by atoms with Gasteiger partial charge in [-0.15, -0.1) is 0 Å². The number of halogens is 3. The van der Waals surface area contributed by atoms with Gasteiger partial charge in [-0.2, -0.15) is 8.78 Å². The first-order valence-corrected chi connectivity index (χ1v) is 8.87. The van der Waals surface area contributed by atoms with Crippen molar-refractivity contribution in [2.75, 3.05) is 5.32 Å². The number of alkyl halides is 2. The molecule has 1 aromatic heterocycles. The van der Waals surface area contributed by atoms with Crippen LogP contribution in [0.15, 0.2) is 30.3 Å². The largest absolute Gasteiger partial charge is 0.433 e. The quantitative estimate of drug-likeness (QED) is 0.723. The van der Waals surface area contributed by atoms with Gasteiger partial charge >= 0.3 is 6.11 Å². The Balaban J connectivity index is 2.12. The number of ether oxygens (including phenoxy) is 1. The Morgan fingerprint density at radius 3 is 2.52 bits per heavy atom. The van der Waals surface area contributed by atoms with Crippen molar-refractivity contribution in [1.82, 2.24) is 10.3 Å². The molecule has 1 heterocycles. The summed E-state index contributed by atoms with van der Waals surface area (Å²) in [6, 6.07) is 6.07. The van der Waals surface area contributed by atoms with Gasteiger partial charge in [-0.1, -0.05) is 13.8 Å². The van der Waals surface area contributed by atoms with Crippen molar-refractivity contribution in [3.63, 3.8) is 0 Å². The number of nitrogens with zero attached hydrogens (tertiary/aromatic N) is 1. The smallest absolute Gasteiger partial charge is 0.394 e. The second-order valence-corrected chi connectivity index (χ2v) is 6.87. The lowest BCUT2D eigenvalue weighted by molar-refractivity contribution is -0.159. The molecule has 29 heavy (non-hydrogen) atoms. The maximum absolute atomic E-state index is 14.0. The van der Waals surface area contributed by atoms with E-state index in [2.05, 4.69) is 20.4 Å². The molecule has 6 nitrogen and oxygen atoms in total. The molecule has 0 aliphatic heterocycles. The summed E-state index contributed by atoms with van der Waals surface area (Å²) in [5.41, 5.74) is 0.701. The predicted octanol–water partition coefficient (Wildman–Crippen LogP) is 4.05. The molecule has 0 aliphatic rings. The zero-order valence-electron chi connectivity index (χ0n) is 16.5. The molecule has 156 valence electrons. The van der Waals surface area contributed by atoms with Crippen molar-refractivity contribution in [2.45, 2.75) is 40.3 Å². The Kier molecular flexibility index (Phi) is 6.84. The number of hydrogen-bond donors (Lipinski definition) is 2. The molecule has 0 fully saturated rings. The van der Waals surface area contributed by atoms with Crippen LogP contribution in [0.3, 0.4) is 0 Å². The number of nitrogens with one attached hydrogen (secondary N) is 2. The summed E-state index contributed by atoms with van der Waals surface area (Å²) in [4.78, 5) is 28.4. The number of amides is 2. The van der Waals surface area contributed by atoms with Gasteiger partial charge in [0.2, 0.25) is 5.91 Å². The zero-order chi connectivity index (χ0) is 21.8. The monoisotopic (exact) mass is 409 g/mol. The van der Waals surface area contributed by atoms with E-state index in [4.69, 9.17) is 0 Å². The van der Waals surface area contributed by atoms with Gasteiger partial charge in [-0.05, 0) is 37.3 Å². The van der Waals surface area contributed by atoms with Gasteiger partial charge in [-0.25, -0.2) is 9.37 Å². The lowest BCUT2D eigenvalue weighted by atomic mass is 10.1. The van der Waals surface area contributed by atoms with Crippen molar-refractivity contribution < 1.29 is 27.5 Å². The fourth-order valence-electron chi connectivity index (χ4n) is 2.37. The van der Waals surface area contributed by atoms with Crippen LogP contribution in [0.25, 0.3) is 0 Å². The molecule has 0 atom stereocenters. The Morgan fingerprint density at radius 2 is 1.90 bits per heavy atom. The maximum atomic E-state index is 14.0. The average molecular weight is 409 g/mol. The molecule has 0 spiro atoms. The summed E-state index contributed by atoms with van der Waals surface area (Å²) in [7, 11) is 0. The fraction of sp³-hybridized carbons (Fsp3) is 0.350. The molecule has 0 radical (unpaired) electrons. The van der Waals surface area contributed by atoms with E-state index in [0.29, 0.717) is 12.6 Å². The normalized spacial score (nSPS) is 11.3. The van der Waals surface area contributed by atoms with Crippen LogP contribution in [0, 0.1) is 18.7 Å². The van der Waals surface area contributed by atoms with Crippen LogP contribution in [0.5, 0.6) is 5.75 Å². The number of rotatable bonds is 7. The number of aryl methyl sites for hydroxylation is 1. The minimum Gasteiger partial charge on any atom is -0.433 e. The van der Waals surface area contributed by atoms with Gasteiger partial charge in [0.25, 0.3) is 5.91 Å². The predicted molar refractivity (Wildman–Crippen MR) is 101 cm³/mol. The summed E-state index contributed by atoms with van der Waals surface area (Å²) in [6.07, 6.45) is -3.41. The third-order valence-electron chi connectivity index (χ3n) is 3.74. The molecular formula is C20H22F3N3O3. The van der Waals surface area contributed by atoms with E-state index in [1.165, 1.54) is 12.1 Å². The minimum absolute atomic E-state index is 0.0146. The Bertz CT molecular complexity index is 912.